The first-order valence-corrected chi connectivity index (χ1v) is 19.0. The third-order valence-corrected chi connectivity index (χ3v) is 9.14. The summed E-state index contributed by atoms with van der Waals surface area (Å²) < 4.78 is 53.0. The van der Waals surface area contributed by atoms with Crippen molar-refractivity contribution in [2.45, 2.75) is 98.1 Å². The minimum Gasteiger partial charge on any atom is -0.368 e. The number of H-pyrrole nitrogens is 1. The summed E-state index contributed by atoms with van der Waals surface area (Å²) in [6.45, 7) is 10.9. The maximum absolute atomic E-state index is 13.3. The fraction of sp³-hybridized carbons (Fsp3) is 0.550. The van der Waals surface area contributed by atoms with Gasteiger partial charge in [0.2, 0.25) is 23.6 Å². The van der Waals surface area contributed by atoms with E-state index in [1.807, 2.05) is 0 Å². The zero-order chi connectivity index (χ0) is 40.1. The van der Waals surface area contributed by atoms with Crippen LogP contribution in [0.15, 0.2) is 42.5 Å². The Labute approximate surface area is 316 Å². The lowest BCUT2D eigenvalue weighted by molar-refractivity contribution is -0.136. The highest BCUT2D eigenvalue weighted by atomic mass is 19.4. The Bertz CT molecular complexity index is 1610. The topological polar surface area (TPSA) is 158 Å². The molecule has 10 nitrogen and oxygen atoms in total. The van der Waals surface area contributed by atoms with Crippen LogP contribution in [0.5, 0.6) is 0 Å². The first-order chi connectivity index (χ1) is 25.7. The minimum absolute atomic E-state index is 0.0818. The van der Waals surface area contributed by atoms with Gasteiger partial charge in [-0.25, -0.2) is 4.39 Å². The highest BCUT2D eigenvalue weighted by molar-refractivity contribution is 5.90. The van der Waals surface area contributed by atoms with Gasteiger partial charge in [-0.05, 0) is 74.4 Å². The molecule has 1 atom stereocenters. The number of fused-ring (bicyclic) bond motifs is 3. The van der Waals surface area contributed by atoms with E-state index >= 15 is 0 Å². The molecule has 2 heterocycles. The van der Waals surface area contributed by atoms with E-state index in [4.69, 9.17) is 5.73 Å². The molecule has 0 spiro atoms. The van der Waals surface area contributed by atoms with E-state index in [-0.39, 0.29) is 42.8 Å². The molecule has 0 saturated carbocycles. The predicted molar refractivity (Wildman–Crippen MR) is 204 cm³/mol. The first kappa shape index (κ1) is 45.7. The molecule has 3 aromatic rings. The number of amides is 4. The Kier molecular flexibility index (Phi) is 20.4. The third-order valence-electron chi connectivity index (χ3n) is 9.14. The number of aromatic amines is 1. The molecule has 1 fully saturated rings. The molecule has 7 N–H and O–H groups in total. The Morgan fingerprint density at radius 1 is 0.815 bits per heavy atom. The lowest BCUT2D eigenvalue weighted by Gasteiger charge is -2.23. The highest BCUT2D eigenvalue weighted by Gasteiger charge is 2.35. The summed E-state index contributed by atoms with van der Waals surface area (Å²) >= 11 is 0. The Balaban J connectivity index is 0.000000364. The lowest BCUT2D eigenvalue weighted by atomic mass is 9.85. The van der Waals surface area contributed by atoms with Crippen LogP contribution < -0.4 is 27.0 Å². The molecular formula is C40H58F4N6O4. The number of carbonyl (C=O) groups is 4. The number of nitrogens with two attached hydrogens (primary N) is 1. The van der Waals surface area contributed by atoms with Crippen molar-refractivity contribution in [2.24, 2.45) is 17.6 Å². The van der Waals surface area contributed by atoms with Gasteiger partial charge in [0.15, 0.2) is 0 Å². The molecule has 4 amide bonds. The number of aryl methyl sites for hydroxylation is 1. The molecule has 300 valence electrons. The van der Waals surface area contributed by atoms with Gasteiger partial charge in [-0.2, -0.15) is 13.2 Å². The van der Waals surface area contributed by atoms with Crippen molar-refractivity contribution in [3.05, 3.63) is 70.7 Å². The van der Waals surface area contributed by atoms with Crippen LogP contribution in [0.2, 0.25) is 0 Å². The highest BCUT2D eigenvalue weighted by Crippen LogP contribution is 2.39. The smallest absolute Gasteiger partial charge is 0.368 e. The van der Waals surface area contributed by atoms with Gasteiger partial charge in [0.05, 0.1) is 30.6 Å². The Morgan fingerprint density at radius 2 is 1.46 bits per heavy atom. The number of benzene rings is 2. The zero-order valence-corrected chi connectivity index (χ0v) is 32.0. The fourth-order valence-corrected chi connectivity index (χ4v) is 5.68. The predicted octanol–water partition coefficient (Wildman–Crippen LogP) is 6.11. The van der Waals surface area contributed by atoms with E-state index in [0.29, 0.717) is 42.7 Å². The van der Waals surface area contributed by atoms with Crippen molar-refractivity contribution in [1.82, 2.24) is 26.3 Å². The largest absolute Gasteiger partial charge is 0.418 e. The van der Waals surface area contributed by atoms with Gasteiger partial charge in [0.25, 0.3) is 0 Å². The van der Waals surface area contributed by atoms with E-state index in [0.717, 1.165) is 43.3 Å². The third kappa shape index (κ3) is 15.9. The molecule has 2 aliphatic rings. The molecule has 54 heavy (non-hydrogen) atoms. The van der Waals surface area contributed by atoms with Gasteiger partial charge in [0.1, 0.15) is 5.82 Å². The quantitative estimate of drug-likeness (QED) is 0.130. The summed E-state index contributed by atoms with van der Waals surface area (Å²) in [5, 5.41) is 11.6. The van der Waals surface area contributed by atoms with Crippen molar-refractivity contribution in [3.8, 4) is 0 Å². The number of nitrogens with one attached hydrogen (secondary N) is 5. The summed E-state index contributed by atoms with van der Waals surface area (Å²) in [7, 11) is 0. The molecule has 1 aliphatic carbocycles. The van der Waals surface area contributed by atoms with Crippen LogP contribution in [0.4, 0.5) is 17.6 Å². The second-order valence-electron chi connectivity index (χ2n) is 13.5. The minimum atomic E-state index is -4.44. The van der Waals surface area contributed by atoms with E-state index in [1.54, 1.807) is 18.2 Å². The van der Waals surface area contributed by atoms with Crippen molar-refractivity contribution in [1.29, 1.82) is 0 Å². The standard InChI is InChI=1S/C22H27F3N4O2.C10H11FN2O2.2C4H10/c23-22(24,25)17-3-1-2-15-16-10-14(4-5-18(16)29-20(15)17)21(31)28-12-19(30)27-11-13-6-8-26-9-7-13;11-8-4-2-1-3-7(8)5-10(15)13-6-9(12)14;2*1-3-4-2/h1-3,13-14,26,29H,4-12H2,(H,27,30)(H,28,31);1-4H,5-6H2,(H2,12,14)(H,13,15);2*3-4H2,1-2H3. The number of rotatable bonds is 11. The second kappa shape index (κ2) is 24.0. The van der Waals surface area contributed by atoms with Crippen LogP contribution in [0, 0.1) is 17.7 Å². The molecule has 1 saturated heterocycles. The molecule has 1 aromatic heterocycles. The number of primary amides is 1. The van der Waals surface area contributed by atoms with Crippen LogP contribution in [0.1, 0.15) is 95.0 Å². The van der Waals surface area contributed by atoms with Gasteiger partial charge in [-0.1, -0.05) is 83.7 Å². The van der Waals surface area contributed by atoms with E-state index < -0.39 is 29.4 Å². The SMILES string of the molecule is CCCC.CCCC.NC(=O)CNC(=O)Cc1ccccc1F.O=C(CNC(=O)C1CCc2[nH]c3c(C(F)(F)F)cccc3c2C1)NCC1CCNCC1. The second-order valence-corrected chi connectivity index (χ2v) is 13.5. The average molecular weight is 763 g/mol. The van der Waals surface area contributed by atoms with Crippen LogP contribution in [0.3, 0.4) is 0 Å². The Hall–Kier alpha value is -4.46. The van der Waals surface area contributed by atoms with E-state index in [1.165, 1.54) is 43.9 Å². The molecule has 1 unspecified atom stereocenters. The lowest BCUT2D eigenvalue weighted by Crippen LogP contribution is -2.43. The molecule has 0 radical (unpaired) electrons. The van der Waals surface area contributed by atoms with Crippen molar-refractivity contribution in [2.75, 3.05) is 32.7 Å². The molecule has 2 aromatic carbocycles. The average Bonchev–Trinajstić information content (AvgIpc) is 3.55. The molecule has 0 bridgehead atoms. The first-order valence-electron chi connectivity index (χ1n) is 19.0. The number of piperidine rings is 1. The monoisotopic (exact) mass is 762 g/mol. The van der Waals surface area contributed by atoms with Gasteiger partial charge in [-0.3, -0.25) is 19.2 Å². The normalized spacial score (nSPS) is 15.1. The molecule has 14 heteroatoms. The summed E-state index contributed by atoms with van der Waals surface area (Å²) in [5.74, 6) is -1.85. The van der Waals surface area contributed by atoms with E-state index in [9.17, 15) is 36.7 Å². The summed E-state index contributed by atoms with van der Waals surface area (Å²) in [6.07, 6.45) is 4.19. The Morgan fingerprint density at radius 3 is 2.06 bits per heavy atom. The van der Waals surface area contributed by atoms with Crippen molar-refractivity contribution >= 4 is 34.5 Å². The van der Waals surface area contributed by atoms with Crippen LogP contribution in [-0.4, -0.2) is 61.3 Å². The van der Waals surface area contributed by atoms with Gasteiger partial charge in [0, 0.05) is 23.5 Å². The van der Waals surface area contributed by atoms with Crippen LogP contribution in [-0.2, 0) is 44.6 Å². The van der Waals surface area contributed by atoms with Crippen molar-refractivity contribution in [3.63, 3.8) is 0 Å². The van der Waals surface area contributed by atoms with Gasteiger partial charge >= 0.3 is 6.18 Å². The zero-order valence-electron chi connectivity index (χ0n) is 32.0. The van der Waals surface area contributed by atoms with Crippen LogP contribution >= 0.6 is 0 Å². The number of unbranched alkanes of at least 4 members (excludes halogenated alkanes) is 2. The number of halogens is 4. The number of hydrogen-bond donors (Lipinski definition) is 6. The summed E-state index contributed by atoms with van der Waals surface area (Å²) in [6, 6.07) is 10.1. The molecule has 5 rings (SSSR count). The van der Waals surface area contributed by atoms with Gasteiger partial charge < -0.3 is 32.0 Å². The van der Waals surface area contributed by atoms with E-state index in [2.05, 4.69) is 53.9 Å². The number of para-hydroxylation sites is 1. The summed E-state index contributed by atoms with van der Waals surface area (Å²) in [5.41, 5.74) is 6.05. The summed E-state index contributed by atoms with van der Waals surface area (Å²) in [4.78, 5) is 49.2. The number of alkyl halides is 3. The maximum atomic E-state index is 13.3. The molecule has 1 aliphatic heterocycles. The number of carbonyl (C=O) groups excluding carboxylic acids is 4. The number of aromatic nitrogens is 1. The van der Waals surface area contributed by atoms with Crippen molar-refractivity contribution < 1.29 is 36.7 Å². The van der Waals surface area contributed by atoms with Gasteiger partial charge in [-0.15, -0.1) is 0 Å². The maximum Gasteiger partial charge on any atom is 0.418 e. The number of hydrogen-bond acceptors (Lipinski definition) is 5. The fourth-order valence-electron chi connectivity index (χ4n) is 5.68. The van der Waals surface area contributed by atoms with Crippen LogP contribution in [0.25, 0.3) is 10.9 Å². The molecular weight excluding hydrogens is 704 g/mol.